The molecular formula is C15H16F2N2O2. The van der Waals surface area contributed by atoms with Gasteiger partial charge in [-0.05, 0) is 25.8 Å². The molecule has 0 radical (unpaired) electrons. The molecule has 0 saturated carbocycles. The number of amides is 2. The Hall–Kier alpha value is -1.98. The summed E-state index contributed by atoms with van der Waals surface area (Å²) in [4.78, 5) is 27.8. The van der Waals surface area contributed by atoms with E-state index in [2.05, 4.69) is 0 Å². The lowest BCUT2D eigenvalue weighted by atomic mass is 10.0. The van der Waals surface area contributed by atoms with Gasteiger partial charge < -0.3 is 9.80 Å². The van der Waals surface area contributed by atoms with Crippen LogP contribution in [0.2, 0.25) is 0 Å². The van der Waals surface area contributed by atoms with Crippen molar-refractivity contribution in [2.75, 3.05) is 6.54 Å². The van der Waals surface area contributed by atoms with Gasteiger partial charge >= 0.3 is 0 Å². The van der Waals surface area contributed by atoms with Crippen LogP contribution in [0.3, 0.4) is 0 Å². The minimum absolute atomic E-state index is 0.0117. The maximum absolute atomic E-state index is 13.8. The van der Waals surface area contributed by atoms with E-state index in [0.717, 1.165) is 18.6 Å². The molecule has 21 heavy (non-hydrogen) atoms. The molecule has 3 rings (SSSR count). The molecule has 2 atom stereocenters. The second-order valence-corrected chi connectivity index (χ2v) is 5.57. The average Bonchev–Trinajstić information content (AvgIpc) is 2.93. The van der Waals surface area contributed by atoms with Crippen LogP contribution in [0.1, 0.15) is 25.3 Å². The van der Waals surface area contributed by atoms with Crippen LogP contribution in [0.25, 0.3) is 0 Å². The normalized spacial score (nSPS) is 25.5. The quantitative estimate of drug-likeness (QED) is 0.833. The van der Waals surface area contributed by atoms with E-state index in [4.69, 9.17) is 0 Å². The van der Waals surface area contributed by atoms with Crippen molar-refractivity contribution in [1.29, 1.82) is 0 Å². The Morgan fingerprint density at radius 2 is 2.00 bits per heavy atom. The zero-order valence-corrected chi connectivity index (χ0v) is 11.7. The predicted octanol–water partition coefficient (Wildman–Crippen LogP) is 1.69. The molecular weight excluding hydrogens is 278 g/mol. The van der Waals surface area contributed by atoms with Crippen molar-refractivity contribution in [2.45, 2.75) is 38.4 Å². The molecule has 1 aromatic rings. The Morgan fingerprint density at radius 1 is 1.24 bits per heavy atom. The van der Waals surface area contributed by atoms with E-state index < -0.39 is 23.7 Å². The molecule has 2 saturated heterocycles. The maximum atomic E-state index is 13.8. The Morgan fingerprint density at radius 3 is 2.71 bits per heavy atom. The number of hydrogen-bond acceptors (Lipinski definition) is 2. The SMILES string of the molecule is CC1C(=O)N2CCCC2C(=O)N1Cc1ccc(F)cc1F. The number of hydrogen-bond donors (Lipinski definition) is 0. The summed E-state index contributed by atoms with van der Waals surface area (Å²) >= 11 is 0. The topological polar surface area (TPSA) is 40.6 Å². The molecule has 2 amide bonds. The fourth-order valence-electron chi connectivity index (χ4n) is 3.09. The average molecular weight is 294 g/mol. The van der Waals surface area contributed by atoms with Gasteiger partial charge in [-0.2, -0.15) is 0 Å². The lowest BCUT2D eigenvalue weighted by Crippen LogP contribution is -2.61. The zero-order chi connectivity index (χ0) is 15.1. The van der Waals surface area contributed by atoms with Crippen molar-refractivity contribution in [3.63, 3.8) is 0 Å². The molecule has 2 unspecified atom stereocenters. The van der Waals surface area contributed by atoms with Crippen molar-refractivity contribution >= 4 is 11.8 Å². The Kier molecular flexibility index (Phi) is 3.39. The summed E-state index contributed by atoms with van der Waals surface area (Å²) in [5.41, 5.74) is 0.218. The van der Waals surface area contributed by atoms with Gasteiger partial charge in [0.15, 0.2) is 0 Å². The van der Waals surface area contributed by atoms with Crippen LogP contribution in [-0.4, -0.2) is 40.2 Å². The first-order valence-electron chi connectivity index (χ1n) is 7.04. The third-order valence-corrected chi connectivity index (χ3v) is 4.28. The highest BCUT2D eigenvalue weighted by Crippen LogP contribution is 2.28. The minimum Gasteiger partial charge on any atom is -0.329 e. The van der Waals surface area contributed by atoms with Gasteiger partial charge in [-0.1, -0.05) is 6.07 Å². The summed E-state index contributed by atoms with van der Waals surface area (Å²) in [5.74, 6) is -1.61. The van der Waals surface area contributed by atoms with Crippen molar-refractivity contribution in [3.05, 3.63) is 35.4 Å². The van der Waals surface area contributed by atoms with E-state index in [1.165, 1.54) is 11.0 Å². The molecule has 2 fully saturated rings. The molecule has 2 aliphatic heterocycles. The van der Waals surface area contributed by atoms with Gasteiger partial charge in [-0.3, -0.25) is 9.59 Å². The van der Waals surface area contributed by atoms with Gasteiger partial charge in [0.05, 0.1) is 0 Å². The van der Waals surface area contributed by atoms with E-state index in [-0.39, 0.29) is 23.9 Å². The first-order valence-corrected chi connectivity index (χ1v) is 7.04. The molecule has 4 nitrogen and oxygen atoms in total. The molecule has 0 aliphatic carbocycles. The molecule has 0 spiro atoms. The Bertz CT molecular complexity index is 605. The fourth-order valence-corrected chi connectivity index (χ4v) is 3.09. The van der Waals surface area contributed by atoms with Crippen LogP contribution in [0.4, 0.5) is 8.78 Å². The van der Waals surface area contributed by atoms with E-state index >= 15 is 0 Å². The van der Waals surface area contributed by atoms with Crippen molar-refractivity contribution in [3.8, 4) is 0 Å². The Balaban J connectivity index is 1.86. The lowest BCUT2D eigenvalue weighted by molar-refractivity contribution is -0.159. The molecule has 0 aromatic heterocycles. The molecule has 112 valence electrons. The van der Waals surface area contributed by atoms with Crippen LogP contribution in [0.5, 0.6) is 0 Å². The van der Waals surface area contributed by atoms with Crippen LogP contribution in [0, 0.1) is 11.6 Å². The standard InChI is InChI=1S/C15H16F2N2O2/c1-9-14(20)18-6-2-3-13(18)15(21)19(9)8-10-4-5-11(16)7-12(10)17/h4-5,7,9,13H,2-3,6,8H2,1H3. The number of piperazine rings is 1. The second-order valence-electron chi connectivity index (χ2n) is 5.57. The van der Waals surface area contributed by atoms with Crippen LogP contribution in [0.15, 0.2) is 18.2 Å². The molecule has 0 N–H and O–H groups in total. The molecule has 2 heterocycles. The highest BCUT2D eigenvalue weighted by Gasteiger charge is 2.45. The minimum atomic E-state index is -0.698. The number of benzene rings is 1. The summed E-state index contributed by atoms with van der Waals surface area (Å²) < 4.78 is 26.7. The van der Waals surface area contributed by atoms with Crippen molar-refractivity contribution in [2.24, 2.45) is 0 Å². The highest BCUT2D eigenvalue weighted by atomic mass is 19.1. The largest absolute Gasteiger partial charge is 0.329 e. The molecule has 0 bridgehead atoms. The van der Waals surface area contributed by atoms with Gasteiger partial charge in [0.25, 0.3) is 0 Å². The van der Waals surface area contributed by atoms with Gasteiger partial charge in [-0.25, -0.2) is 8.78 Å². The number of halogens is 2. The van der Waals surface area contributed by atoms with Crippen LogP contribution < -0.4 is 0 Å². The first kappa shape index (κ1) is 14.0. The maximum Gasteiger partial charge on any atom is 0.246 e. The van der Waals surface area contributed by atoms with Gasteiger partial charge in [0.1, 0.15) is 23.7 Å². The third-order valence-electron chi connectivity index (χ3n) is 4.28. The van der Waals surface area contributed by atoms with Crippen molar-refractivity contribution < 1.29 is 18.4 Å². The van der Waals surface area contributed by atoms with E-state index in [1.807, 2.05) is 0 Å². The van der Waals surface area contributed by atoms with Gasteiger partial charge in [0, 0.05) is 24.7 Å². The zero-order valence-electron chi connectivity index (χ0n) is 11.7. The first-order chi connectivity index (χ1) is 9.99. The number of carbonyl (C=O) groups excluding carboxylic acids is 2. The summed E-state index contributed by atoms with van der Waals surface area (Å²) in [6.45, 7) is 2.25. The summed E-state index contributed by atoms with van der Waals surface area (Å²) in [6.07, 6.45) is 1.47. The smallest absolute Gasteiger partial charge is 0.246 e. The van der Waals surface area contributed by atoms with Crippen LogP contribution in [-0.2, 0) is 16.1 Å². The summed E-state index contributed by atoms with van der Waals surface area (Å²) in [5, 5.41) is 0. The van der Waals surface area contributed by atoms with Crippen LogP contribution >= 0.6 is 0 Å². The fraction of sp³-hybridized carbons (Fsp3) is 0.467. The van der Waals surface area contributed by atoms with E-state index in [1.54, 1.807) is 11.8 Å². The molecule has 2 aliphatic rings. The molecule has 6 heteroatoms. The number of carbonyl (C=O) groups is 2. The number of fused-ring (bicyclic) bond motifs is 1. The van der Waals surface area contributed by atoms with Gasteiger partial charge in [0.2, 0.25) is 11.8 Å². The van der Waals surface area contributed by atoms with E-state index in [9.17, 15) is 18.4 Å². The summed E-state index contributed by atoms with van der Waals surface area (Å²) in [7, 11) is 0. The number of rotatable bonds is 2. The van der Waals surface area contributed by atoms with E-state index in [0.29, 0.717) is 13.0 Å². The summed E-state index contributed by atoms with van der Waals surface area (Å²) in [6, 6.07) is 2.23. The second kappa shape index (κ2) is 5.09. The lowest BCUT2D eigenvalue weighted by Gasteiger charge is -2.41. The predicted molar refractivity (Wildman–Crippen MR) is 71.1 cm³/mol. The third kappa shape index (κ3) is 2.28. The number of nitrogens with zero attached hydrogens (tertiary/aromatic N) is 2. The highest BCUT2D eigenvalue weighted by molar-refractivity contribution is 5.97. The molecule has 1 aromatic carbocycles. The monoisotopic (exact) mass is 294 g/mol. The van der Waals surface area contributed by atoms with Crippen molar-refractivity contribution in [1.82, 2.24) is 9.80 Å². The Labute approximate surface area is 121 Å². The van der Waals surface area contributed by atoms with Gasteiger partial charge in [-0.15, -0.1) is 0 Å².